The van der Waals surface area contributed by atoms with Gasteiger partial charge in [0.2, 0.25) is 10.0 Å². The van der Waals surface area contributed by atoms with Crippen molar-refractivity contribution in [2.45, 2.75) is 23.6 Å². The third-order valence-electron chi connectivity index (χ3n) is 4.45. The van der Waals surface area contributed by atoms with Crippen molar-refractivity contribution in [1.29, 1.82) is 0 Å². The van der Waals surface area contributed by atoms with Crippen molar-refractivity contribution in [3.8, 4) is 0 Å². The summed E-state index contributed by atoms with van der Waals surface area (Å²) in [5, 5.41) is 0. The molecule has 1 fully saturated rings. The fourth-order valence-electron chi connectivity index (χ4n) is 2.60. The molecule has 1 saturated heterocycles. The van der Waals surface area contributed by atoms with Crippen LogP contribution in [-0.4, -0.2) is 52.4 Å². The lowest BCUT2D eigenvalue weighted by atomic mass is 10.1. The van der Waals surface area contributed by atoms with Crippen LogP contribution in [0.25, 0.3) is 0 Å². The van der Waals surface area contributed by atoms with E-state index in [1.165, 1.54) is 28.7 Å². The average molecular weight is 427 g/mol. The topological polar surface area (TPSA) is 118 Å². The minimum Gasteiger partial charge on any atom is -0.379 e. The summed E-state index contributed by atoms with van der Waals surface area (Å²) in [6.45, 7) is 5.01. The Morgan fingerprint density at radius 1 is 0.964 bits per heavy atom. The summed E-state index contributed by atoms with van der Waals surface area (Å²) in [4.78, 5) is 6.40. The van der Waals surface area contributed by atoms with Crippen molar-refractivity contribution in [1.82, 2.24) is 14.1 Å². The lowest BCUT2D eigenvalue weighted by Gasteiger charge is -2.25. The van der Waals surface area contributed by atoms with E-state index in [-0.39, 0.29) is 28.7 Å². The molecule has 0 bridgehead atoms. The van der Waals surface area contributed by atoms with Gasteiger partial charge < -0.3 is 4.74 Å². The molecule has 2 N–H and O–H groups in total. The molecule has 0 radical (unpaired) electrons. The molecule has 28 heavy (non-hydrogen) atoms. The first-order valence-corrected chi connectivity index (χ1v) is 11.5. The Morgan fingerprint density at radius 3 is 2.25 bits per heavy atom. The third kappa shape index (κ3) is 4.50. The molecule has 0 unspecified atom stereocenters. The van der Waals surface area contributed by atoms with E-state index in [0.717, 1.165) is 11.1 Å². The number of hydrogen-bond donors (Lipinski definition) is 2. The number of aryl methyl sites for hydroxylation is 2. The number of ether oxygens (including phenoxy) is 1. The van der Waals surface area contributed by atoms with E-state index in [1.54, 1.807) is 12.1 Å². The lowest BCUT2D eigenvalue weighted by Crippen LogP contribution is -2.40. The maximum Gasteiger partial charge on any atom is 0.257 e. The van der Waals surface area contributed by atoms with Crippen LogP contribution in [0.5, 0.6) is 0 Å². The molecule has 9 nitrogen and oxygen atoms in total. The first-order chi connectivity index (χ1) is 13.2. The van der Waals surface area contributed by atoms with Gasteiger partial charge in [0.1, 0.15) is 10.7 Å². The van der Waals surface area contributed by atoms with Crippen LogP contribution in [0.15, 0.2) is 46.3 Å². The van der Waals surface area contributed by atoms with Crippen LogP contribution in [0.3, 0.4) is 0 Å². The normalized spacial score (nSPS) is 16.1. The Balaban J connectivity index is 1.69. The summed E-state index contributed by atoms with van der Waals surface area (Å²) < 4.78 is 56.4. The number of aromatic nitrogens is 1. The minimum atomic E-state index is -3.79. The van der Waals surface area contributed by atoms with E-state index in [1.807, 2.05) is 13.8 Å². The van der Waals surface area contributed by atoms with Gasteiger partial charge in [0.15, 0.2) is 0 Å². The zero-order chi connectivity index (χ0) is 20.4. The fourth-order valence-corrected chi connectivity index (χ4v) is 4.89. The molecule has 1 aromatic carbocycles. The monoisotopic (exact) mass is 426 g/mol. The second-order valence-electron chi connectivity index (χ2n) is 6.37. The Bertz CT molecular complexity index is 1050. The van der Waals surface area contributed by atoms with Crippen LogP contribution in [0, 0.1) is 13.8 Å². The lowest BCUT2D eigenvalue weighted by molar-refractivity contribution is 0.0730. The summed E-state index contributed by atoms with van der Waals surface area (Å²) in [6.07, 6.45) is 1.19. The molecular formula is C17H22N4O5S2. The molecule has 1 aliphatic rings. The van der Waals surface area contributed by atoms with Crippen molar-refractivity contribution in [2.24, 2.45) is 0 Å². The first kappa shape index (κ1) is 20.7. The molecule has 1 aromatic heterocycles. The smallest absolute Gasteiger partial charge is 0.257 e. The Kier molecular flexibility index (Phi) is 6.01. The molecule has 0 aliphatic carbocycles. The van der Waals surface area contributed by atoms with Gasteiger partial charge in [-0.15, -0.1) is 4.83 Å². The molecule has 2 heterocycles. The number of nitrogens with one attached hydrogen (secondary N) is 2. The van der Waals surface area contributed by atoms with Crippen LogP contribution in [0.2, 0.25) is 0 Å². The number of nitrogens with zero attached hydrogens (tertiary/aromatic N) is 2. The molecule has 0 atom stereocenters. The standard InChI is InChI=1S/C17H22N4O5S2/c1-13-3-4-15(11-14(13)2)27(22,23)20-19-17-6-5-16(12-18-17)28(24,25)21-7-9-26-10-8-21/h3-6,11-12,20H,7-10H2,1-2H3,(H,18,19). The molecular weight excluding hydrogens is 404 g/mol. The van der Waals surface area contributed by atoms with Crippen molar-refractivity contribution in [3.63, 3.8) is 0 Å². The van der Waals surface area contributed by atoms with Gasteiger partial charge in [0.05, 0.1) is 18.1 Å². The molecule has 0 amide bonds. The van der Waals surface area contributed by atoms with Crippen molar-refractivity contribution < 1.29 is 21.6 Å². The third-order valence-corrected chi connectivity index (χ3v) is 7.57. The number of sulfonamides is 2. The highest BCUT2D eigenvalue weighted by Gasteiger charge is 2.26. The van der Waals surface area contributed by atoms with Crippen LogP contribution in [-0.2, 0) is 24.8 Å². The quantitative estimate of drug-likeness (QED) is 0.662. The van der Waals surface area contributed by atoms with Crippen LogP contribution in [0.4, 0.5) is 5.82 Å². The largest absolute Gasteiger partial charge is 0.379 e. The predicted octanol–water partition coefficient (Wildman–Crippen LogP) is 1.02. The minimum absolute atomic E-state index is 0.0389. The van der Waals surface area contributed by atoms with E-state index in [4.69, 9.17) is 4.74 Å². The highest BCUT2D eigenvalue weighted by Crippen LogP contribution is 2.18. The van der Waals surface area contributed by atoms with Gasteiger partial charge in [-0.25, -0.2) is 21.8 Å². The van der Waals surface area contributed by atoms with E-state index >= 15 is 0 Å². The maximum absolute atomic E-state index is 12.6. The SMILES string of the molecule is Cc1ccc(S(=O)(=O)NNc2ccc(S(=O)(=O)N3CCOCC3)cn2)cc1C. The van der Waals surface area contributed by atoms with E-state index in [0.29, 0.717) is 13.2 Å². The summed E-state index contributed by atoms with van der Waals surface area (Å²) in [7, 11) is -7.44. The Morgan fingerprint density at radius 2 is 1.64 bits per heavy atom. The summed E-state index contributed by atoms with van der Waals surface area (Å²) in [5.74, 6) is 0.174. The van der Waals surface area contributed by atoms with Crippen LogP contribution >= 0.6 is 0 Å². The highest BCUT2D eigenvalue weighted by atomic mass is 32.2. The second-order valence-corrected chi connectivity index (χ2v) is 9.99. The number of benzene rings is 1. The highest BCUT2D eigenvalue weighted by molar-refractivity contribution is 7.89. The van der Waals surface area contributed by atoms with Gasteiger partial charge in [-0.1, -0.05) is 6.07 Å². The van der Waals surface area contributed by atoms with Gasteiger partial charge in [-0.3, -0.25) is 5.43 Å². The number of hydrazine groups is 1. The number of anilines is 1. The summed E-state index contributed by atoms with van der Waals surface area (Å²) >= 11 is 0. The van der Waals surface area contributed by atoms with Gasteiger partial charge in [-0.05, 0) is 49.2 Å². The molecule has 1 aliphatic heterocycles. The molecule has 0 saturated carbocycles. The molecule has 0 spiro atoms. The van der Waals surface area contributed by atoms with Gasteiger partial charge in [0, 0.05) is 19.3 Å². The molecule has 3 rings (SSSR count). The number of pyridine rings is 1. The Labute approximate surface area is 164 Å². The fraction of sp³-hybridized carbons (Fsp3) is 0.353. The number of morpholine rings is 1. The van der Waals surface area contributed by atoms with Gasteiger partial charge >= 0.3 is 0 Å². The van der Waals surface area contributed by atoms with Crippen molar-refractivity contribution in [3.05, 3.63) is 47.7 Å². The first-order valence-electron chi connectivity index (χ1n) is 8.59. The zero-order valence-electron chi connectivity index (χ0n) is 15.5. The van der Waals surface area contributed by atoms with Crippen molar-refractivity contribution in [2.75, 3.05) is 31.7 Å². The van der Waals surface area contributed by atoms with Crippen LogP contribution < -0.4 is 10.3 Å². The zero-order valence-corrected chi connectivity index (χ0v) is 17.2. The van der Waals surface area contributed by atoms with Crippen molar-refractivity contribution >= 4 is 25.9 Å². The molecule has 2 aromatic rings. The van der Waals surface area contributed by atoms with Crippen LogP contribution in [0.1, 0.15) is 11.1 Å². The molecule has 152 valence electrons. The van der Waals surface area contributed by atoms with Gasteiger partial charge in [-0.2, -0.15) is 4.31 Å². The van der Waals surface area contributed by atoms with E-state index in [2.05, 4.69) is 15.2 Å². The number of rotatable bonds is 6. The van der Waals surface area contributed by atoms with E-state index in [9.17, 15) is 16.8 Å². The Hall–Kier alpha value is -2.05. The van der Waals surface area contributed by atoms with Gasteiger partial charge in [0.25, 0.3) is 10.0 Å². The predicted molar refractivity (Wildman–Crippen MR) is 104 cm³/mol. The summed E-state index contributed by atoms with van der Waals surface area (Å²) in [6, 6.07) is 7.59. The number of hydrogen-bond acceptors (Lipinski definition) is 7. The van der Waals surface area contributed by atoms with E-state index < -0.39 is 20.0 Å². The second kappa shape index (κ2) is 8.13. The average Bonchev–Trinajstić information content (AvgIpc) is 2.69. The molecule has 11 heteroatoms. The summed E-state index contributed by atoms with van der Waals surface area (Å²) in [5.41, 5.74) is 4.35. The maximum atomic E-state index is 12.6.